The fraction of sp³-hybridized carbons (Fsp3) is 0.389. The number of nitrogens with zero attached hydrogens (tertiary/aromatic N) is 3. The van der Waals surface area contributed by atoms with Crippen LogP contribution in [0.5, 0.6) is 0 Å². The van der Waals surface area contributed by atoms with E-state index in [1.807, 2.05) is 36.1 Å². The topological polar surface area (TPSA) is 84.1 Å². The normalized spacial score (nSPS) is 17.3. The van der Waals surface area contributed by atoms with Gasteiger partial charge in [-0.25, -0.2) is 4.98 Å². The van der Waals surface area contributed by atoms with Crippen molar-refractivity contribution in [3.05, 3.63) is 47.7 Å². The number of rotatable bonds is 6. The van der Waals surface area contributed by atoms with E-state index in [4.69, 9.17) is 5.73 Å². The number of nitrogens with one attached hydrogen (secondary N) is 1. The summed E-state index contributed by atoms with van der Waals surface area (Å²) >= 11 is 0. The van der Waals surface area contributed by atoms with Crippen molar-refractivity contribution in [3.8, 4) is 0 Å². The van der Waals surface area contributed by atoms with E-state index < -0.39 is 0 Å². The van der Waals surface area contributed by atoms with Gasteiger partial charge in [0.25, 0.3) is 0 Å². The minimum atomic E-state index is 0.0722. The number of nitrogens with two attached hydrogens (primary N) is 1. The first-order valence-electron chi connectivity index (χ1n) is 8.29. The summed E-state index contributed by atoms with van der Waals surface area (Å²) in [7, 11) is 0. The molecule has 1 atom stereocenters. The lowest BCUT2D eigenvalue weighted by Gasteiger charge is -2.17. The minimum absolute atomic E-state index is 0.0722. The Balaban J connectivity index is 1.50. The molecule has 1 aromatic carbocycles. The highest BCUT2D eigenvalue weighted by Crippen LogP contribution is 2.17. The number of aromatic nitrogens is 2. The highest BCUT2D eigenvalue weighted by molar-refractivity contribution is 5.80. The molecule has 1 fully saturated rings. The first kappa shape index (κ1) is 16.2. The quantitative estimate of drug-likeness (QED) is 0.849. The van der Waals surface area contributed by atoms with Crippen LogP contribution in [0.25, 0.3) is 0 Å². The Hall–Kier alpha value is -2.63. The molecule has 6 heteroatoms. The molecule has 3 rings (SSSR count). The predicted molar refractivity (Wildman–Crippen MR) is 94.6 cm³/mol. The Morgan fingerprint density at radius 3 is 2.83 bits per heavy atom. The lowest BCUT2D eigenvalue weighted by Crippen LogP contribution is -2.29. The van der Waals surface area contributed by atoms with Crippen molar-refractivity contribution in [2.45, 2.75) is 32.2 Å². The molecule has 0 spiro atoms. The fourth-order valence-electron chi connectivity index (χ4n) is 3.08. The molecule has 2 aromatic rings. The molecule has 1 aromatic heterocycles. The van der Waals surface area contributed by atoms with Crippen molar-refractivity contribution in [2.24, 2.45) is 0 Å². The average Bonchev–Trinajstić information content (AvgIpc) is 2.87. The maximum atomic E-state index is 12.2. The molecule has 2 heterocycles. The van der Waals surface area contributed by atoms with Crippen LogP contribution in [0.4, 0.5) is 11.8 Å². The lowest BCUT2D eigenvalue weighted by molar-refractivity contribution is -0.127. The van der Waals surface area contributed by atoms with E-state index in [0.717, 1.165) is 25.1 Å². The summed E-state index contributed by atoms with van der Waals surface area (Å²) in [6.07, 6.45) is 2.46. The van der Waals surface area contributed by atoms with Crippen LogP contribution in [0.15, 0.2) is 36.4 Å². The highest BCUT2D eigenvalue weighted by Gasteiger charge is 2.29. The van der Waals surface area contributed by atoms with Gasteiger partial charge in [-0.05, 0) is 25.3 Å². The molecule has 6 nitrogen and oxygen atoms in total. The van der Waals surface area contributed by atoms with Gasteiger partial charge >= 0.3 is 0 Å². The number of likely N-dealkylation sites (tertiary alicyclic amines) is 1. The minimum Gasteiger partial charge on any atom is -0.368 e. The number of amides is 1. The summed E-state index contributed by atoms with van der Waals surface area (Å²) in [4.78, 5) is 22.3. The second kappa shape index (κ2) is 7.29. The molecule has 0 unspecified atom stereocenters. The molecule has 1 amide bonds. The molecule has 1 saturated heterocycles. The van der Waals surface area contributed by atoms with Gasteiger partial charge in [0.2, 0.25) is 11.9 Å². The van der Waals surface area contributed by atoms with Crippen LogP contribution in [0.1, 0.15) is 24.1 Å². The fourth-order valence-corrected chi connectivity index (χ4v) is 3.08. The summed E-state index contributed by atoms with van der Waals surface area (Å²) in [5.41, 5.74) is 7.79. The van der Waals surface area contributed by atoms with Gasteiger partial charge in [0.05, 0.1) is 6.04 Å². The monoisotopic (exact) mass is 325 g/mol. The molecule has 0 bridgehead atoms. The standard InChI is InChI=1S/C18H23N5O/c1-13-10-16(22-18(19)20-13)21-15-11-17(24)23(12-15)9-5-8-14-6-3-2-4-7-14/h2-4,6-7,10,15H,5,8-9,11-12H2,1H3,(H3,19,20,21,22)/t15-/m1/s1. The second-order valence-electron chi connectivity index (χ2n) is 6.23. The van der Waals surface area contributed by atoms with Crippen LogP contribution in [-0.2, 0) is 11.2 Å². The van der Waals surface area contributed by atoms with E-state index in [2.05, 4.69) is 27.4 Å². The highest BCUT2D eigenvalue weighted by atomic mass is 16.2. The zero-order valence-electron chi connectivity index (χ0n) is 13.9. The Morgan fingerprint density at radius 1 is 1.29 bits per heavy atom. The third-order valence-electron chi connectivity index (χ3n) is 4.17. The van der Waals surface area contributed by atoms with Crippen LogP contribution in [0.2, 0.25) is 0 Å². The van der Waals surface area contributed by atoms with Gasteiger partial charge in [-0.2, -0.15) is 4.98 Å². The Bertz CT molecular complexity index is 684. The van der Waals surface area contributed by atoms with Gasteiger partial charge in [0, 0.05) is 31.3 Å². The Labute approximate surface area is 142 Å². The molecule has 3 N–H and O–H groups in total. The second-order valence-corrected chi connectivity index (χ2v) is 6.23. The summed E-state index contributed by atoms with van der Waals surface area (Å²) < 4.78 is 0. The van der Waals surface area contributed by atoms with E-state index in [1.165, 1.54) is 5.56 Å². The zero-order valence-corrected chi connectivity index (χ0v) is 13.9. The van der Waals surface area contributed by atoms with Crippen molar-refractivity contribution in [1.29, 1.82) is 0 Å². The molecular weight excluding hydrogens is 302 g/mol. The number of hydrogen-bond acceptors (Lipinski definition) is 5. The number of anilines is 2. The predicted octanol–water partition coefficient (Wildman–Crippen LogP) is 2.01. The third-order valence-corrected chi connectivity index (χ3v) is 4.17. The Kier molecular flexibility index (Phi) is 4.93. The van der Waals surface area contributed by atoms with Gasteiger partial charge in [0.15, 0.2) is 0 Å². The Morgan fingerprint density at radius 2 is 2.08 bits per heavy atom. The number of carbonyl (C=O) groups excluding carboxylic acids is 1. The lowest BCUT2D eigenvalue weighted by atomic mass is 10.1. The van der Waals surface area contributed by atoms with Gasteiger partial charge in [-0.15, -0.1) is 0 Å². The molecule has 1 aliphatic heterocycles. The number of aryl methyl sites for hydroxylation is 2. The van der Waals surface area contributed by atoms with E-state index in [9.17, 15) is 4.79 Å². The summed E-state index contributed by atoms with van der Waals surface area (Å²) in [5.74, 6) is 1.13. The van der Waals surface area contributed by atoms with Crippen molar-refractivity contribution in [2.75, 3.05) is 24.1 Å². The first-order chi connectivity index (χ1) is 11.6. The number of benzene rings is 1. The van der Waals surface area contributed by atoms with Gasteiger partial charge in [-0.3, -0.25) is 4.79 Å². The molecule has 0 radical (unpaired) electrons. The summed E-state index contributed by atoms with van der Waals surface area (Å²) in [5, 5.41) is 3.30. The summed E-state index contributed by atoms with van der Waals surface area (Å²) in [6, 6.07) is 12.3. The molecule has 24 heavy (non-hydrogen) atoms. The van der Waals surface area contributed by atoms with Crippen molar-refractivity contribution < 1.29 is 4.79 Å². The number of nitrogen functional groups attached to an aromatic ring is 1. The van der Waals surface area contributed by atoms with E-state index in [1.54, 1.807) is 0 Å². The van der Waals surface area contributed by atoms with E-state index in [-0.39, 0.29) is 17.9 Å². The van der Waals surface area contributed by atoms with Crippen LogP contribution >= 0.6 is 0 Å². The van der Waals surface area contributed by atoms with Crippen molar-refractivity contribution in [1.82, 2.24) is 14.9 Å². The molecular formula is C18H23N5O. The van der Waals surface area contributed by atoms with E-state index in [0.29, 0.717) is 18.8 Å². The SMILES string of the molecule is Cc1cc(N[C@@H]2CC(=O)N(CCCc3ccccc3)C2)nc(N)n1. The first-order valence-corrected chi connectivity index (χ1v) is 8.29. The van der Waals surface area contributed by atoms with Gasteiger partial charge < -0.3 is 16.0 Å². The molecule has 126 valence electrons. The van der Waals surface area contributed by atoms with Crippen molar-refractivity contribution >= 4 is 17.7 Å². The maximum absolute atomic E-state index is 12.2. The van der Waals surface area contributed by atoms with Gasteiger partial charge in [-0.1, -0.05) is 30.3 Å². The summed E-state index contributed by atoms with van der Waals surface area (Å²) in [6.45, 7) is 3.37. The van der Waals surface area contributed by atoms with Crippen LogP contribution in [0, 0.1) is 6.92 Å². The number of hydrogen-bond donors (Lipinski definition) is 2. The number of carbonyl (C=O) groups is 1. The molecule has 1 aliphatic rings. The third kappa shape index (κ3) is 4.22. The molecule has 0 saturated carbocycles. The van der Waals surface area contributed by atoms with Crippen LogP contribution < -0.4 is 11.1 Å². The van der Waals surface area contributed by atoms with Crippen LogP contribution in [0.3, 0.4) is 0 Å². The largest absolute Gasteiger partial charge is 0.368 e. The molecule has 0 aliphatic carbocycles. The van der Waals surface area contributed by atoms with Crippen molar-refractivity contribution in [3.63, 3.8) is 0 Å². The van der Waals surface area contributed by atoms with Gasteiger partial charge in [0.1, 0.15) is 5.82 Å². The maximum Gasteiger partial charge on any atom is 0.224 e. The average molecular weight is 325 g/mol. The zero-order chi connectivity index (χ0) is 16.9. The van der Waals surface area contributed by atoms with E-state index >= 15 is 0 Å². The smallest absolute Gasteiger partial charge is 0.224 e. The van der Waals surface area contributed by atoms with Crippen LogP contribution in [-0.4, -0.2) is 39.9 Å².